The number of ether oxygens (including phenoxy) is 2. The predicted octanol–water partition coefficient (Wildman–Crippen LogP) is 4.65. The molecule has 0 bridgehead atoms. The molecule has 0 atom stereocenters. The van der Waals surface area contributed by atoms with E-state index in [9.17, 15) is 4.39 Å². The number of methoxy groups -OCH3 is 1. The van der Waals surface area contributed by atoms with Crippen molar-refractivity contribution >= 4 is 11.6 Å². The molecule has 32 heavy (non-hydrogen) atoms. The van der Waals surface area contributed by atoms with Gasteiger partial charge in [-0.15, -0.1) is 5.10 Å². The molecule has 0 aliphatic heterocycles. The summed E-state index contributed by atoms with van der Waals surface area (Å²) < 4.78 is 29.0. The number of anilines is 2. The van der Waals surface area contributed by atoms with Crippen LogP contribution in [0, 0.1) is 12.7 Å². The Morgan fingerprint density at radius 3 is 2.62 bits per heavy atom. The maximum Gasteiger partial charge on any atom is 0.226 e. The molecule has 8 nitrogen and oxygen atoms in total. The van der Waals surface area contributed by atoms with Crippen molar-refractivity contribution in [2.75, 3.05) is 12.4 Å². The van der Waals surface area contributed by atoms with Gasteiger partial charge in [-0.25, -0.2) is 14.1 Å². The zero-order chi connectivity index (χ0) is 22.8. The fraction of sp³-hybridized carbons (Fsp3) is 0.261. The second-order valence-electron chi connectivity index (χ2n) is 7.62. The van der Waals surface area contributed by atoms with E-state index in [1.807, 2.05) is 49.7 Å². The highest BCUT2D eigenvalue weighted by Gasteiger charge is 2.15. The minimum atomic E-state index is -0.410. The van der Waals surface area contributed by atoms with Gasteiger partial charge in [-0.1, -0.05) is 0 Å². The molecule has 0 unspecified atom stereocenters. The van der Waals surface area contributed by atoms with Crippen molar-refractivity contribution in [3.05, 3.63) is 60.4 Å². The van der Waals surface area contributed by atoms with E-state index >= 15 is 0 Å². The number of nitrogens with zero attached hydrogens (tertiary/aromatic N) is 5. The molecule has 1 N–H and O–H groups in total. The largest absolute Gasteiger partial charge is 0.495 e. The third-order valence-corrected chi connectivity index (χ3v) is 4.75. The third-order valence-electron chi connectivity index (χ3n) is 4.75. The molecule has 166 valence electrons. The molecule has 0 fully saturated rings. The van der Waals surface area contributed by atoms with Crippen LogP contribution < -0.4 is 14.8 Å². The summed E-state index contributed by atoms with van der Waals surface area (Å²) in [5.74, 6) is 1.70. The third kappa shape index (κ3) is 4.41. The Labute approximate surface area is 185 Å². The van der Waals surface area contributed by atoms with Gasteiger partial charge in [-0.3, -0.25) is 0 Å². The quantitative estimate of drug-likeness (QED) is 0.454. The van der Waals surface area contributed by atoms with E-state index in [0.717, 1.165) is 16.9 Å². The lowest BCUT2D eigenvalue weighted by molar-refractivity contribution is 0.242. The maximum absolute atomic E-state index is 14.4. The van der Waals surface area contributed by atoms with E-state index in [0.29, 0.717) is 23.3 Å². The van der Waals surface area contributed by atoms with Gasteiger partial charge in [0.05, 0.1) is 36.6 Å². The molecule has 2 aromatic heterocycles. The molecular weight excluding hydrogens is 411 g/mol. The van der Waals surface area contributed by atoms with Crippen molar-refractivity contribution in [3.8, 4) is 28.6 Å². The molecule has 0 amide bonds. The summed E-state index contributed by atoms with van der Waals surface area (Å²) in [4.78, 5) is 8.81. The second-order valence-corrected chi connectivity index (χ2v) is 7.62. The Bertz CT molecular complexity index is 1250. The van der Waals surface area contributed by atoms with Crippen LogP contribution in [0.5, 0.6) is 11.5 Å². The first-order valence-electron chi connectivity index (χ1n) is 10.2. The Hall–Kier alpha value is -3.88. The van der Waals surface area contributed by atoms with Gasteiger partial charge in [0, 0.05) is 24.9 Å². The highest BCUT2D eigenvalue weighted by atomic mass is 19.1. The smallest absolute Gasteiger partial charge is 0.226 e. The molecule has 0 aliphatic carbocycles. The lowest BCUT2D eigenvalue weighted by atomic mass is 10.1. The van der Waals surface area contributed by atoms with Crippen molar-refractivity contribution in [1.82, 2.24) is 24.3 Å². The molecule has 9 heteroatoms. The number of aromatic nitrogens is 5. The van der Waals surface area contributed by atoms with Crippen LogP contribution in [-0.4, -0.2) is 37.5 Å². The van der Waals surface area contributed by atoms with Gasteiger partial charge in [0.1, 0.15) is 17.3 Å². The zero-order valence-electron chi connectivity index (χ0n) is 18.6. The Morgan fingerprint density at radius 1 is 1.12 bits per heavy atom. The van der Waals surface area contributed by atoms with Gasteiger partial charge >= 0.3 is 0 Å². The SMILES string of the molecule is COc1cc(-c2nc(Nc3cc(OC(C)C)ccc3F)n(C)n2)ccc1-n1cnc(C)c1. The van der Waals surface area contributed by atoms with Gasteiger partial charge in [-0.2, -0.15) is 4.98 Å². The molecular formula is C23H25FN6O2. The van der Waals surface area contributed by atoms with Crippen molar-refractivity contribution in [2.24, 2.45) is 7.05 Å². The molecule has 4 rings (SSSR count). The standard InChI is InChI=1S/C23H25FN6O2/c1-14(2)32-17-7-8-18(24)19(11-17)26-23-27-22(28-29(23)4)16-6-9-20(21(10-16)31-5)30-12-15(3)25-13-30/h6-14H,1-5H3,(H,26,27,28). The van der Waals surface area contributed by atoms with Crippen LogP contribution >= 0.6 is 0 Å². The van der Waals surface area contributed by atoms with Crippen LogP contribution in [0.3, 0.4) is 0 Å². The predicted molar refractivity (Wildman–Crippen MR) is 120 cm³/mol. The topological polar surface area (TPSA) is 79.0 Å². The summed E-state index contributed by atoms with van der Waals surface area (Å²) in [6.07, 6.45) is 3.64. The van der Waals surface area contributed by atoms with E-state index in [-0.39, 0.29) is 11.8 Å². The van der Waals surface area contributed by atoms with E-state index in [1.165, 1.54) is 6.07 Å². The highest BCUT2D eigenvalue weighted by molar-refractivity contribution is 5.65. The average Bonchev–Trinajstić information content (AvgIpc) is 3.35. The van der Waals surface area contributed by atoms with Crippen molar-refractivity contribution in [2.45, 2.75) is 26.9 Å². The molecule has 0 saturated carbocycles. The first kappa shape index (κ1) is 21.4. The Balaban J connectivity index is 1.63. The van der Waals surface area contributed by atoms with Crippen LogP contribution in [0.2, 0.25) is 0 Å². The Kier molecular flexibility index (Phi) is 5.81. The van der Waals surface area contributed by atoms with Crippen LogP contribution in [0.25, 0.3) is 17.1 Å². The maximum atomic E-state index is 14.4. The summed E-state index contributed by atoms with van der Waals surface area (Å²) in [6, 6.07) is 10.3. The van der Waals surface area contributed by atoms with Crippen LogP contribution in [-0.2, 0) is 7.05 Å². The van der Waals surface area contributed by atoms with Gasteiger partial charge < -0.3 is 19.4 Å². The summed E-state index contributed by atoms with van der Waals surface area (Å²) in [6.45, 7) is 5.76. The number of hydrogen-bond acceptors (Lipinski definition) is 6. The van der Waals surface area contributed by atoms with Gasteiger partial charge in [-0.05, 0) is 51.1 Å². The van der Waals surface area contributed by atoms with Crippen molar-refractivity contribution in [1.29, 1.82) is 0 Å². The van der Waals surface area contributed by atoms with Gasteiger partial charge in [0.25, 0.3) is 0 Å². The second kappa shape index (κ2) is 8.70. The number of benzene rings is 2. The molecule has 0 saturated heterocycles. The van der Waals surface area contributed by atoms with Gasteiger partial charge in [0.2, 0.25) is 5.95 Å². The van der Waals surface area contributed by atoms with E-state index in [4.69, 9.17) is 9.47 Å². The minimum absolute atomic E-state index is 0.0149. The number of aryl methyl sites for hydroxylation is 2. The summed E-state index contributed by atoms with van der Waals surface area (Å²) in [5, 5.41) is 7.48. The molecule has 0 radical (unpaired) electrons. The molecule has 2 aromatic carbocycles. The van der Waals surface area contributed by atoms with Crippen molar-refractivity contribution in [3.63, 3.8) is 0 Å². The van der Waals surface area contributed by atoms with Crippen LogP contribution in [0.4, 0.5) is 16.0 Å². The zero-order valence-corrected chi connectivity index (χ0v) is 18.6. The van der Waals surface area contributed by atoms with Crippen LogP contribution in [0.1, 0.15) is 19.5 Å². The number of imidazole rings is 1. The lowest BCUT2D eigenvalue weighted by Gasteiger charge is -2.12. The monoisotopic (exact) mass is 436 g/mol. The molecule has 4 aromatic rings. The van der Waals surface area contributed by atoms with Crippen molar-refractivity contribution < 1.29 is 13.9 Å². The number of halogens is 1. The lowest BCUT2D eigenvalue weighted by Crippen LogP contribution is -2.07. The molecule has 2 heterocycles. The fourth-order valence-electron chi connectivity index (χ4n) is 3.26. The normalized spacial score (nSPS) is 11.1. The first-order valence-corrected chi connectivity index (χ1v) is 10.2. The van der Waals surface area contributed by atoms with E-state index in [2.05, 4.69) is 20.4 Å². The first-order chi connectivity index (χ1) is 15.3. The number of rotatable bonds is 7. The Morgan fingerprint density at radius 2 is 1.94 bits per heavy atom. The van der Waals surface area contributed by atoms with E-state index in [1.54, 1.807) is 37.3 Å². The van der Waals surface area contributed by atoms with Crippen LogP contribution in [0.15, 0.2) is 48.9 Å². The molecule has 0 aliphatic rings. The van der Waals surface area contributed by atoms with E-state index < -0.39 is 5.82 Å². The highest BCUT2D eigenvalue weighted by Crippen LogP contribution is 2.30. The fourth-order valence-corrected chi connectivity index (χ4v) is 3.26. The van der Waals surface area contributed by atoms with Gasteiger partial charge in [0.15, 0.2) is 5.82 Å². The average molecular weight is 436 g/mol. The summed E-state index contributed by atoms with van der Waals surface area (Å²) >= 11 is 0. The molecule has 0 spiro atoms. The number of hydrogen-bond donors (Lipinski definition) is 1. The number of nitrogens with one attached hydrogen (secondary N) is 1. The summed E-state index contributed by atoms with van der Waals surface area (Å²) in [5.41, 5.74) is 2.79. The summed E-state index contributed by atoms with van der Waals surface area (Å²) in [7, 11) is 3.35. The minimum Gasteiger partial charge on any atom is -0.495 e.